The summed E-state index contributed by atoms with van der Waals surface area (Å²) in [6, 6.07) is 0. The third kappa shape index (κ3) is 84.0. The van der Waals surface area contributed by atoms with Gasteiger partial charge in [-0.05, 0) is 37.5 Å². The highest BCUT2D eigenvalue weighted by Crippen LogP contribution is 2.45. The molecular weight excluding hydrogens is 1430 g/mol. The Morgan fingerprint density at radius 1 is 0.245 bits per heavy atom. The molecule has 0 saturated carbocycles. The van der Waals surface area contributed by atoms with E-state index in [0.29, 0.717) is 31.6 Å². The van der Waals surface area contributed by atoms with E-state index in [1.165, 1.54) is 302 Å². The van der Waals surface area contributed by atoms with Gasteiger partial charge in [0.25, 0.3) is 0 Å². The maximum Gasteiger partial charge on any atom is 0.472 e. The normalized spacial score (nSPS) is 13.7. The van der Waals surface area contributed by atoms with Crippen LogP contribution in [0.25, 0.3) is 0 Å². The first-order valence-corrected chi connectivity index (χ1v) is 50.0. The molecule has 19 heteroatoms. The smallest absolute Gasteiger partial charge is 0.462 e. The summed E-state index contributed by atoms with van der Waals surface area (Å²) in [5.74, 6) is -0.612. The summed E-state index contributed by atoms with van der Waals surface area (Å²) >= 11 is 0. The predicted octanol–water partition coefficient (Wildman–Crippen LogP) is 28.2. The van der Waals surface area contributed by atoms with Crippen LogP contribution in [0.3, 0.4) is 0 Å². The van der Waals surface area contributed by atoms with Crippen molar-refractivity contribution in [2.75, 3.05) is 39.6 Å². The fourth-order valence-corrected chi connectivity index (χ4v) is 15.9. The zero-order chi connectivity index (χ0) is 80.6. The number of aliphatic hydroxyl groups is 1. The van der Waals surface area contributed by atoms with Crippen molar-refractivity contribution in [3.05, 3.63) is 0 Å². The van der Waals surface area contributed by atoms with Crippen molar-refractivity contribution >= 4 is 39.5 Å². The highest BCUT2D eigenvalue weighted by atomic mass is 31.2. The van der Waals surface area contributed by atoms with E-state index in [0.717, 1.165) is 102 Å². The second-order valence-electron chi connectivity index (χ2n) is 33.6. The van der Waals surface area contributed by atoms with E-state index in [1.807, 2.05) is 0 Å². The van der Waals surface area contributed by atoms with Crippen molar-refractivity contribution < 1.29 is 80.2 Å². The molecule has 0 heterocycles. The molecular formula is C91H178O17P2. The van der Waals surface area contributed by atoms with Crippen molar-refractivity contribution in [1.29, 1.82) is 0 Å². The fraction of sp³-hybridized carbons (Fsp3) is 0.956. The van der Waals surface area contributed by atoms with Crippen molar-refractivity contribution in [3.63, 3.8) is 0 Å². The van der Waals surface area contributed by atoms with Crippen LogP contribution in [0.4, 0.5) is 0 Å². The first-order valence-electron chi connectivity index (χ1n) is 47.0. The van der Waals surface area contributed by atoms with Crippen LogP contribution >= 0.6 is 15.6 Å². The molecule has 0 aromatic carbocycles. The molecule has 0 rings (SSSR count). The summed E-state index contributed by atoms with van der Waals surface area (Å²) < 4.78 is 69.0. The van der Waals surface area contributed by atoms with Gasteiger partial charge in [0, 0.05) is 25.7 Å². The molecule has 17 nitrogen and oxygen atoms in total. The summed E-state index contributed by atoms with van der Waals surface area (Å²) in [6.45, 7) is 9.64. The minimum Gasteiger partial charge on any atom is -0.462 e. The number of hydrogen-bond donors (Lipinski definition) is 3. The molecule has 0 aliphatic carbocycles. The molecule has 0 spiro atoms. The molecule has 0 radical (unpaired) electrons. The Kier molecular flexibility index (Phi) is 80.7. The van der Waals surface area contributed by atoms with Crippen molar-refractivity contribution in [2.45, 2.75) is 509 Å². The number of hydrogen-bond acceptors (Lipinski definition) is 15. The molecule has 5 atom stereocenters. The minimum atomic E-state index is -4.97. The Morgan fingerprint density at radius 2 is 0.418 bits per heavy atom. The standard InChI is InChI=1S/C91H178O17P2/c1-7-9-11-13-15-17-19-21-23-25-27-29-31-33-38-42-46-50-54-61-67-73-88(93)101-79-86(107-90(95)75-69-63-55-51-47-43-39-34-32-30-28-26-24-22-20-18-16-14-12-10-8-2)81-105-109(97,98)103-77-85(92)78-104-110(99,100)106-82-87(80-102-89(94)74-68-62-58-57-60-66-72-84(5)6)108-91(96)76-70-64-56-52-48-44-40-36-35-37-41-45-49-53-59-65-71-83(3)4/h83-87,92H,7-82H2,1-6H3,(H,97,98)(H,99,100)/t85-,86-,87-/m1/s1. The average Bonchev–Trinajstić information content (AvgIpc) is 0.897. The van der Waals surface area contributed by atoms with Crippen LogP contribution in [0, 0.1) is 11.8 Å². The molecule has 2 unspecified atom stereocenters. The zero-order valence-electron chi connectivity index (χ0n) is 72.6. The molecule has 0 fully saturated rings. The number of phosphoric ester groups is 2. The van der Waals surface area contributed by atoms with E-state index in [2.05, 4.69) is 41.5 Å². The van der Waals surface area contributed by atoms with Crippen molar-refractivity contribution in [2.24, 2.45) is 11.8 Å². The lowest BCUT2D eigenvalue weighted by atomic mass is 10.0. The van der Waals surface area contributed by atoms with E-state index >= 15 is 0 Å². The molecule has 0 bridgehead atoms. The third-order valence-electron chi connectivity index (χ3n) is 21.5. The maximum atomic E-state index is 13.2. The number of rotatable bonds is 90. The maximum absolute atomic E-state index is 13.2. The number of carbonyl (C=O) groups is 4. The first kappa shape index (κ1) is 108. The fourth-order valence-electron chi connectivity index (χ4n) is 14.3. The van der Waals surface area contributed by atoms with E-state index < -0.39 is 97.5 Å². The quantitative estimate of drug-likeness (QED) is 0.0222. The molecule has 0 aliphatic rings. The average molecular weight is 1610 g/mol. The lowest BCUT2D eigenvalue weighted by Crippen LogP contribution is -2.30. The number of carbonyl (C=O) groups excluding carboxylic acids is 4. The summed E-state index contributed by atoms with van der Waals surface area (Å²) in [6.07, 6.45) is 76.8. The molecule has 0 aromatic heterocycles. The Balaban J connectivity index is 5.19. The summed E-state index contributed by atoms with van der Waals surface area (Å²) in [5.41, 5.74) is 0. The van der Waals surface area contributed by atoms with Gasteiger partial charge in [0.1, 0.15) is 19.3 Å². The first-order chi connectivity index (χ1) is 53.4. The number of ether oxygens (including phenoxy) is 4. The Bertz CT molecular complexity index is 2100. The van der Waals surface area contributed by atoms with Gasteiger partial charge in [0.15, 0.2) is 12.2 Å². The summed E-state index contributed by atoms with van der Waals surface area (Å²) in [7, 11) is -9.93. The zero-order valence-corrected chi connectivity index (χ0v) is 74.4. The molecule has 0 aromatic rings. The SMILES string of the molecule is CCCCCCCCCCCCCCCCCCCCCCCC(=O)OC[C@H](COP(=O)(O)OC[C@@H](O)COP(=O)(O)OC[C@@H](COC(=O)CCCCCCCCC(C)C)OC(=O)CCCCCCCCCCCCCCCCCCC(C)C)OC(=O)CCCCCCCCCCCCCCCCCCCCCCC. The minimum absolute atomic E-state index is 0.107. The van der Waals surface area contributed by atoms with Crippen LogP contribution in [-0.2, 0) is 65.4 Å². The van der Waals surface area contributed by atoms with Crippen LogP contribution in [0.2, 0.25) is 0 Å². The van der Waals surface area contributed by atoms with Crippen LogP contribution in [0.1, 0.15) is 491 Å². The van der Waals surface area contributed by atoms with Crippen LogP contribution in [0.5, 0.6) is 0 Å². The van der Waals surface area contributed by atoms with Gasteiger partial charge in [0.2, 0.25) is 0 Å². The van der Waals surface area contributed by atoms with Crippen molar-refractivity contribution in [1.82, 2.24) is 0 Å². The Labute approximate surface area is 677 Å². The van der Waals surface area contributed by atoms with Gasteiger partial charge >= 0.3 is 39.5 Å². The lowest BCUT2D eigenvalue weighted by Gasteiger charge is -2.21. The van der Waals surface area contributed by atoms with E-state index in [9.17, 15) is 43.2 Å². The topological polar surface area (TPSA) is 237 Å². The largest absolute Gasteiger partial charge is 0.472 e. The van der Waals surface area contributed by atoms with Crippen LogP contribution in [-0.4, -0.2) is 96.7 Å². The molecule has 110 heavy (non-hydrogen) atoms. The number of aliphatic hydroxyl groups excluding tert-OH is 1. The molecule has 0 aliphatic heterocycles. The second kappa shape index (κ2) is 82.2. The van der Waals surface area contributed by atoms with Gasteiger partial charge in [-0.25, -0.2) is 9.13 Å². The third-order valence-corrected chi connectivity index (χ3v) is 23.4. The second-order valence-corrected chi connectivity index (χ2v) is 36.6. The van der Waals surface area contributed by atoms with Gasteiger partial charge in [0.05, 0.1) is 26.4 Å². The molecule has 0 saturated heterocycles. The van der Waals surface area contributed by atoms with Crippen molar-refractivity contribution in [3.8, 4) is 0 Å². The number of phosphoric acid groups is 2. The molecule has 3 N–H and O–H groups in total. The van der Waals surface area contributed by atoms with E-state index in [4.69, 9.17) is 37.0 Å². The van der Waals surface area contributed by atoms with E-state index in [1.54, 1.807) is 0 Å². The Morgan fingerprint density at radius 3 is 0.618 bits per heavy atom. The van der Waals surface area contributed by atoms with Crippen LogP contribution in [0.15, 0.2) is 0 Å². The van der Waals surface area contributed by atoms with E-state index in [-0.39, 0.29) is 25.7 Å². The lowest BCUT2D eigenvalue weighted by molar-refractivity contribution is -0.161. The van der Waals surface area contributed by atoms with Gasteiger partial charge < -0.3 is 33.8 Å². The van der Waals surface area contributed by atoms with Gasteiger partial charge in [-0.3, -0.25) is 37.3 Å². The Hall–Kier alpha value is -1.94. The number of unbranched alkanes of at least 4 members (excludes halogenated alkanes) is 60. The summed E-state index contributed by atoms with van der Waals surface area (Å²) in [4.78, 5) is 73.3. The van der Waals surface area contributed by atoms with Gasteiger partial charge in [-0.1, -0.05) is 440 Å². The predicted molar refractivity (Wildman–Crippen MR) is 455 cm³/mol. The summed E-state index contributed by atoms with van der Waals surface area (Å²) in [5, 5.41) is 10.7. The highest BCUT2D eigenvalue weighted by molar-refractivity contribution is 7.47. The van der Waals surface area contributed by atoms with Crippen LogP contribution < -0.4 is 0 Å². The highest BCUT2D eigenvalue weighted by Gasteiger charge is 2.31. The molecule has 0 amide bonds. The number of esters is 4. The monoisotopic (exact) mass is 1610 g/mol. The van der Waals surface area contributed by atoms with Gasteiger partial charge in [-0.15, -0.1) is 0 Å². The van der Waals surface area contributed by atoms with Gasteiger partial charge in [-0.2, -0.15) is 0 Å². The molecule has 654 valence electrons.